The van der Waals surface area contributed by atoms with Gasteiger partial charge in [-0.3, -0.25) is 24.1 Å². The molecule has 33 heavy (non-hydrogen) atoms. The fraction of sp³-hybridized carbons (Fsp3) is 0.105. The predicted octanol–water partition coefficient (Wildman–Crippen LogP) is 1.79. The number of hydrogen-bond donors (Lipinski definition) is 4. The summed E-state index contributed by atoms with van der Waals surface area (Å²) < 4.78 is 71.5. The number of hydrazone groups is 1. The fourth-order valence-electron chi connectivity index (χ4n) is 3.04. The summed E-state index contributed by atoms with van der Waals surface area (Å²) in [7, 11) is -8.43. The summed E-state index contributed by atoms with van der Waals surface area (Å²) in [6.45, 7) is 1.09. The van der Waals surface area contributed by atoms with Gasteiger partial charge in [0.05, 0.1) is 28.9 Å². The highest BCUT2D eigenvalue weighted by molar-refractivity contribution is 7.91. The van der Waals surface area contributed by atoms with Crippen LogP contribution in [-0.4, -0.2) is 50.5 Å². The van der Waals surface area contributed by atoms with E-state index < -0.39 is 47.4 Å². The molecular formula is C19H17N3O9S2. The van der Waals surface area contributed by atoms with Gasteiger partial charge in [-0.25, -0.2) is 0 Å². The van der Waals surface area contributed by atoms with Crippen molar-refractivity contribution in [1.29, 1.82) is 0 Å². The van der Waals surface area contributed by atoms with Crippen LogP contribution in [0.5, 0.6) is 5.75 Å². The van der Waals surface area contributed by atoms with Crippen LogP contribution in [0.3, 0.4) is 0 Å². The van der Waals surface area contributed by atoms with Crippen molar-refractivity contribution >= 4 is 55.1 Å². The lowest BCUT2D eigenvalue weighted by Gasteiger charge is -2.20. The number of amides is 1. The van der Waals surface area contributed by atoms with E-state index in [0.29, 0.717) is 5.75 Å². The normalized spacial score (nSPS) is 15.0. The van der Waals surface area contributed by atoms with Crippen molar-refractivity contribution in [3.05, 3.63) is 52.4 Å². The number of anilines is 2. The van der Waals surface area contributed by atoms with Crippen LogP contribution in [-0.2, 0) is 25.0 Å². The zero-order valence-electron chi connectivity index (χ0n) is 17.1. The Morgan fingerprint density at radius 3 is 2.27 bits per heavy atom. The molecule has 1 amide bonds. The van der Waals surface area contributed by atoms with Gasteiger partial charge in [-0.05, 0) is 35.9 Å². The van der Waals surface area contributed by atoms with Gasteiger partial charge in [0.25, 0.3) is 20.2 Å². The molecule has 2 aromatic carbocycles. The first-order valence-corrected chi connectivity index (χ1v) is 11.8. The number of methoxy groups -OCH3 is 1. The molecule has 2 aromatic rings. The van der Waals surface area contributed by atoms with E-state index in [1.807, 2.05) is 0 Å². The molecule has 0 spiro atoms. The van der Waals surface area contributed by atoms with Crippen LogP contribution < -0.4 is 15.5 Å². The van der Waals surface area contributed by atoms with Gasteiger partial charge in [0.1, 0.15) is 10.7 Å². The minimum Gasteiger partial charge on any atom is -0.495 e. The van der Waals surface area contributed by atoms with E-state index in [1.165, 1.54) is 13.2 Å². The van der Waals surface area contributed by atoms with Crippen LogP contribution in [0.1, 0.15) is 22.8 Å². The molecule has 0 atom stereocenters. The molecule has 0 aliphatic heterocycles. The Kier molecular flexibility index (Phi) is 6.37. The van der Waals surface area contributed by atoms with E-state index in [1.54, 1.807) is 18.2 Å². The number of carbonyl (C=O) groups excluding carboxylic acids is 2. The number of hydrogen-bond acceptors (Lipinski definition) is 9. The summed E-state index contributed by atoms with van der Waals surface area (Å²) in [5, 5.41) is 6.10. The van der Waals surface area contributed by atoms with Gasteiger partial charge < -0.3 is 10.1 Å². The molecule has 1 aliphatic rings. The molecule has 0 saturated heterocycles. The highest BCUT2D eigenvalue weighted by atomic mass is 32.2. The number of fused-ring (bicyclic) bond motifs is 1. The first-order valence-electron chi connectivity index (χ1n) is 8.97. The number of ether oxygens (including phenoxy) is 1. The highest BCUT2D eigenvalue weighted by Gasteiger charge is 2.35. The van der Waals surface area contributed by atoms with Gasteiger partial charge in [0, 0.05) is 6.92 Å². The van der Waals surface area contributed by atoms with Crippen molar-refractivity contribution in [1.82, 2.24) is 0 Å². The Balaban J connectivity index is 2.26. The molecule has 14 heteroatoms. The van der Waals surface area contributed by atoms with E-state index in [4.69, 9.17) is 4.74 Å². The third-order valence-corrected chi connectivity index (χ3v) is 6.08. The van der Waals surface area contributed by atoms with Crippen LogP contribution in [0.15, 0.2) is 51.3 Å². The molecule has 12 nitrogen and oxygen atoms in total. The molecular weight excluding hydrogens is 478 g/mol. The number of allylic oxidation sites excluding steroid dienone is 1. The van der Waals surface area contributed by atoms with Crippen LogP contribution in [0.4, 0.5) is 11.4 Å². The lowest BCUT2D eigenvalue weighted by atomic mass is 9.93. The van der Waals surface area contributed by atoms with Crippen molar-refractivity contribution in [2.45, 2.75) is 11.8 Å². The maximum atomic E-state index is 13.2. The van der Waals surface area contributed by atoms with Gasteiger partial charge in [-0.15, -0.1) is 0 Å². The summed E-state index contributed by atoms with van der Waals surface area (Å²) in [6.07, 6.45) is 0.800. The predicted molar refractivity (Wildman–Crippen MR) is 118 cm³/mol. The maximum Gasteiger partial charge on any atom is 0.296 e. The monoisotopic (exact) mass is 495 g/mol. The smallest absolute Gasteiger partial charge is 0.296 e. The number of para-hydroxylation sites is 2. The topological polar surface area (TPSA) is 189 Å². The van der Waals surface area contributed by atoms with E-state index in [9.17, 15) is 35.5 Å². The van der Waals surface area contributed by atoms with E-state index in [2.05, 4.69) is 15.8 Å². The number of benzene rings is 2. The van der Waals surface area contributed by atoms with E-state index in [-0.39, 0.29) is 22.5 Å². The SMILES string of the molecule is COc1ccccc1N/N=C1\C(=O)c2c(cc(S(=O)(=O)O)cc2NC(C)=O)C=C1S(=O)(=O)O. The van der Waals surface area contributed by atoms with Gasteiger partial charge in [-0.2, -0.15) is 21.9 Å². The summed E-state index contributed by atoms with van der Waals surface area (Å²) in [6, 6.07) is 8.05. The minimum absolute atomic E-state index is 0.268. The zero-order valence-corrected chi connectivity index (χ0v) is 18.7. The summed E-state index contributed by atoms with van der Waals surface area (Å²) >= 11 is 0. The fourth-order valence-corrected chi connectivity index (χ4v) is 4.24. The molecule has 174 valence electrons. The Labute approximate surface area is 188 Å². The standard InChI is InChI=1S/C19H17N3O9S2/c1-10(23)20-14-9-12(32(25,26)27)7-11-8-16(33(28,29)30)18(19(24)17(11)14)22-21-13-5-3-4-6-15(13)31-2/h3-9,21H,1-2H3,(H,20,23)(H,25,26,27)(H,28,29,30)/b22-18-. The molecule has 0 aromatic heterocycles. The Morgan fingerprint density at radius 2 is 1.70 bits per heavy atom. The molecule has 0 unspecified atom stereocenters. The molecule has 3 rings (SSSR count). The minimum atomic E-state index is -5.02. The maximum absolute atomic E-state index is 13.2. The second-order valence-electron chi connectivity index (χ2n) is 6.68. The average molecular weight is 495 g/mol. The number of ketones is 1. The number of nitrogens with one attached hydrogen (secondary N) is 2. The van der Waals surface area contributed by atoms with Crippen molar-refractivity contribution in [3.63, 3.8) is 0 Å². The third-order valence-electron chi connectivity index (χ3n) is 4.39. The number of carbonyl (C=O) groups is 2. The lowest BCUT2D eigenvalue weighted by molar-refractivity contribution is -0.114. The van der Waals surface area contributed by atoms with E-state index in [0.717, 1.165) is 25.1 Å². The first-order chi connectivity index (χ1) is 15.3. The molecule has 0 radical (unpaired) electrons. The van der Waals surface area contributed by atoms with Crippen LogP contribution >= 0.6 is 0 Å². The largest absolute Gasteiger partial charge is 0.495 e. The number of nitrogens with zero attached hydrogens (tertiary/aromatic N) is 1. The second kappa shape index (κ2) is 8.74. The second-order valence-corrected chi connectivity index (χ2v) is 9.49. The van der Waals surface area contributed by atoms with Crippen LogP contribution in [0.2, 0.25) is 0 Å². The van der Waals surface area contributed by atoms with Crippen molar-refractivity contribution in [3.8, 4) is 5.75 Å². The van der Waals surface area contributed by atoms with Gasteiger partial charge >= 0.3 is 0 Å². The Hall–Kier alpha value is -3.59. The number of rotatable bonds is 6. The third kappa shape index (κ3) is 5.09. The first kappa shape index (κ1) is 24.1. The summed E-state index contributed by atoms with van der Waals surface area (Å²) in [5.74, 6) is -1.40. The van der Waals surface area contributed by atoms with Crippen LogP contribution in [0, 0.1) is 0 Å². The zero-order chi connectivity index (χ0) is 24.6. The summed E-state index contributed by atoms with van der Waals surface area (Å²) in [4.78, 5) is 23.2. The van der Waals surface area contributed by atoms with Gasteiger partial charge in [0.2, 0.25) is 11.7 Å². The van der Waals surface area contributed by atoms with Crippen molar-refractivity contribution < 1.29 is 40.3 Å². The molecule has 4 N–H and O–H groups in total. The molecule has 1 aliphatic carbocycles. The highest BCUT2D eigenvalue weighted by Crippen LogP contribution is 2.34. The van der Waals surface area contributed by atoms with E-state index >= 15 is 0 Å². The van der Waals surface area contributed by atoms with Gasteiger partial charge in [0.15, 0.2) is 5.71 Å². The lowest BCUT2D eigenvalue weighted by Crippen LogP contribution is -2.28. The number of Topliss-reactive ketones (excluding diaryl/α,β-unsaturated/α-hetero) is 1. The van der Waals surface area contributed by atoms with Gasteiger partial charge in [-0.1, -0.05) is 12.1 Å². The molecule has 0 bridgehead atoms. The van der Waals surface area contributed by atoms with Crippen molar-refractivity contribution in [2.24, 2.45) is 5.10 Å². The Morgan fingerprint density at radius 1 is 1.03 bits per heavy atom. The van der Waals surface area contributed by atoms with Crippen LogP contribution in [0.25, 0.3) is 6.08 Å². The summed E-state index contributed by atoms with van der Waals surface area (Å²) in [5.41, 5.74) is 1.13. The average Bonchev–Trinajstić information content (AvgIpc) is 2.70. The molecule has 0 fully saturated rings. The quantitative estimate of drug-likeness (QED) is 0.340. The molecule has 0 saturated carbocycles. The Bertz CT molecular complexity index is 1440. The molecule has 0 heterocycles. The van der Waals surface area contributed by atoms with Crippen molar-refractivity contribution in [2.75, 3.05) is 17.9 Å².